The van der Waals surface area contributed by atoms with Crippen LogP contribution in [0, 0.1) is 24.2 Å². The second-order valence-electron chi connectivity index (χ2n) is 4.58. The van der Waals surface area contributed by atoms with E-state index in [1.54, 1.807) is 0 Å². The first kappa shape index (κ1) is 10.9. The van der Waals surface area contributed by atoms with Crippen molar-refractivity contribution in [2.24, 2.45) is 5.92 Å². The zero-order chi connectivity index (χ0) is 11.5. The number of rotatable bonds is 3. The highest BCUT2D eigenvalue weighted by molar-refractivity contribution is 5.52. The smallest absolute Gasteiger partial charge is 0.144 e. The molecule has 0 saturated heterocycles. The molecule has 0 bridgehead atoms. The molecule has 2 rings (SSSR count). The molecule has 3 heteroatoms. The quantitative estimate of drug-likeness (QED) is 0.843. The van der Waals surface area contributed by atoms with Crippen LogP contribution in [0.3, 0.4) is 0 Å². The molecule has 1 atom stereocenters. The largest absolute Gasteiger partial charge is 0.366 e. The second kappa shape index (κ2) is 4.52. The van der Waals surface area contributed by atoms with Gasteiger partial charge in [0.05, 0.1) is 5.56 Å². The summed E-state index contributed by atoms with van der Waals surface area (Å²) in [7, 11) is 0. The van der Waals surface area contributed by atoms with Gasteiger partial charge in [0.25, 0.3) is 0 Å². The SMILES string of the molecule is Cc1ccc(C#N)c(NC(C)C2CCC2)n1. The van der Waals surface area contributed by atoms with Crippen molar-refractivity contribution < 1.29 is 0 Å². The first-order valence-corrected chi connectivity index (χ1v) is 5.85. The first-order chi connectivity index (χ1) is 7.70. The van der Waals surface area contributed by atoms with Crippen LogP contribution >= 0.6 is 0 Å². The Morgan fingerprint density at radius 1 is 1.50 bits per heavy atom. The fraction of sp³-hybridized carbons (Fsp3) is 0.538. The topological polar surface area (TPSA) is 48.7 Å². The summed E-state index contributed by atoms with van der Waals surface area (Å²) in [6.45, 7) is 4.12. The average Bonchev–Trinajstić information content (AvgIpc) is 2.15. The van der Waals surface area contributed by atoms with Gasteiger partial charge < -0.3 is 5.32 Å². The Morgan fingerprint density at radius 3 is 2.81 bits per heavy atom. The number of nitrogens with one attached hydrogen (secondary N) is 1. The van der Waals surface area contributed by atoms with Crippen LogP contribution in [-0.4, -0.2) is 11.0 Å². The summed E-state index contributed by atoms with van der Waals surface area (Å²) in [5.41, 5.74) is 1.58. The highest BCUT2D eigenvalue weighted by Crippen LogP contribution is 2.31. The molecule has 1 fully saturated rings. The molecule has 1 N–H and O–H groups in total. The van der Waals surface area contributed by atoms with Crippen molar-refractivity contribution in [3.8, 4) is 6.07 Å². The molecule has 0 amide bonds. The molecule has 0 spiro atoms. The van der Waals surface area contributed by atoms with Crippen molar-refractivity contribution in [3.63, 3.8) is 0 Å². The van der Waals surface area contributed by atoms with Crippen molar-refractivity contribution in [3.05, 3.63) is 23.4 Å². The molecule has 1 aliphatic rings. The molecular weight excluding hydrogens is 198 g/mol. The van der Waals surface area contributed by atoms with Gasteiger partial charge in [-0.1, -0.05) is 6.42 Å². The third-order valence-corrected chi connectivity index (χ3v) is 3.38. The zero-order valence-electron chi connectivity index (χ0n) is 9.83. The Labute approximate surface area is 96.5 Å². The molecule has 1 unspecified atom stereocenters. The summed E-state index contributed by atoms with van der Waals surface area (Å²) in [4.78, 5) is 4.39. The van der Waals surface area contributed by atoms with Crippen molar-refractivity contribution >= 4 is 5.82 Å². The molecule has 16 heavy (non-hydrogen) atoms. The molecule has 0 aromatic carbocycles. The van der Waals surface area contributed by atoms with E-state index < -0.39 is 0 Å². The van der Waals surface area contributed by atoms with E-state index in [9.17, 15) is 0 Å². The molecule has 1 aliphatic carbocycles. The van der Waals surface area contributed by atoms with Crippen LogP contribution in [0.25, 0.3) is 0 Å². The van der Waals surface area contributed by atoms with Crippen molar-refractivity contribution in [1.29, 1.82) is 5.26 Å². The molecular formula is C13H17N3. The molecule has 1 heterocycles. The number of aromatic nitrogens is 1. The lowest BCUT2D eigenvalue weighted by molar-refractivity contribution is 0.285. The van der Waals surface area contributed by atoms with E-state index in [2.05, 4.69) is 23.3 Å². The van der Waals surface area contributed by atoms with Gasteiger partial charge in [-0.05, 0) is 44.7 Å². The molecule has 1 aromatic heterocycles. The fourth-order valence-corrected chi connectivity index (χ4v) is 2.03. The van der Waals surface area contributed by atoms with Crippen LogP contribution in [0.4, 0.5) is 5.82 Å². The standard InChI is InChI=1S/C13H17N3/c1-9-6-7-12(8-14)13(15-9)16-10(2)11-4-3-5-11/h6-7,10-11H,3-5H2,1-2H3,(H,15,16). The maximum atomic E-state index is 9.00. The van der Waals surface area contributed by atoms with E-state index in [1.165, 1.54) is 19.3 Å². The van der Waals surface area contributed by atoms with E-state index in [0.29, 0.717) is 11.6 Å². The monoisotopic (exact) mass is 215 g/mol. The van der Waals surface area contributed by atoms with Crippen LogP contribution in [0.1, 0.15) is 37.4 Å². The Bertz CT molecular complexity index is 416. The maximum Gasteiger partial charge on any atom is 0.144 e. The molecule has 1 aromatic rings. The predicted molar refractivity (Wildman–Crippen MR) is 64.1 cm³/mol. The number of nitrogens with zero attached hydrogens (tertiary/aromatic N) is 2. The average molecular weight is 215 g/mol. The van der Waals surface area contributed by atoms with Crippen LogP contribution < -0.4 is 5.32 Å². The lowest BCUT2D eigenvalue weighted by Crippen LogP contribution is -2.31. The van der Waals surface area contributed by atoms with Gasteiger partial charge >= 0.3 is 0 Å². The van der Waals surface area contributed by atoms with Gasteiger partial charge in [0, 0.05) is 11.7 Å². The summed E-state index contributed by atoms with van der Waals surface area (Å²) >= 11 is 0. The molecule has 1 saturated carbocycles. The normalized spacial score (nSPS) is 17.3. The predicted octanol–water partition coefficient (Wildman–Crippen LogP) is 2.86. The summed E-state index contributed by atoms with van der Waals surface area (Å²) in [5, 5.41) is 12.4. The van der Waals surface area contributed by atoms with E-state index in [4.69, 9.17) is 5.26 Å². The van der Waals surface area contributed by atoms with Crippen LogP contribution in [0.15, 0.2) is 12.1 Å². The van der Waals surface area contributed by atoms with Gasteiger partial charge in [0.2, 0.25) is 0 Å². The Morgan fingerprint density at radius 2 is 2.25 bits per heavy atom. The summed E-state index contributed by atoms with van der Waals surface area (Å²) in [5.74, 6) is 1.48. The van der Waals surface area contributed by atoms with E-state index >= 15 is 0 Å². The molecule has 3 nitrogen and oxygen atoms in total. The van der Waals surface area contributed by atoms with Crippen molar-refractivity contribution in [2.75, 3.05) is 5.32 Å². The minimum Gasteiger partial charge on any atom is -0.366 e. The van der Waals surface area contributed by atoms with E-state index in [0.717, 1.165) is 17.4 Å². The minimum atomic E-state index is 0.412. The zero-order valence-corrected chi connectivity index (χ0v) is 9.83. The van der Waals surface area contributed by atoms with Crippen molar-refractivity contribution in [2.45, 2.75) is 39.2 Å². The van der Waals surface area contributed by atoms with Crippen molar-refractivity contribution in [1.82, 2.24) is 4.98 Å². The van der Waals surface area contributed by atoms with Gasteiger partial charge in [-0.25, -0.2) is 4.98 Å². The van der Waals surface area contributed by atoms with Gasteiger partial charge in [0.15, 0.2) is 0 Å². The maximum absolute atomic E-state index is 9.00. The molecule has 0 radical (unpaired) electrons. The van der Waals surface area contributed by atoms with Crippen LogP contribution in [0.2, 0.25) is 0 Å². The Balaban J connectivity index is 2.13. The number of hydrogen-bond donors (Lipinski definition) is 1. The summed E-state index contributed by atoms with van der Waals surface area (Å²) < 4.78 is 0. The highest BCUT2D eigenvalue weighted by atomic mass is 15.0. The van der Waals surface area contributed by atoms with E-state index in [-0.39, 0.29) is 0 Å². The number of hydrogen-bond acceptors (Lipinski definition) is 3. The Kier molecular flexibility index (Phi) is 3.09. The van der Waals surface area contributed by atoms with Gasteiger partial charge in [0.1, 0.15) is 11.9 Å². The van der Waals surface area contributed by atoms with Crippen LogP contribution in [0.5, 0.6) is 0 Å². The molecule has 84 valence electrons. The van der Waals surface area contributed by atoms with Gasteiger partial charge in [-0.2, -0.15) is 5.26 Å². The van der Waals surface area contributed by atoms with Crippen LogP contribution in [-0.2, 0) is 0 Å². The van der Waals surface area contributed by atoms with E-state index in [1.807, 2.05) is 19.1 Å². The number of aryl methyl sites for hydroxylation is 1. The fourth-order valence-electron chi connectivity index (χ4n) is 2.03. The molecule has 0 aliphatic heterocycles. The number of pyridine rings is 1. The summed E-state index contributed by atoms with van der Waals surface area (Å²) in [6.07, 6.45) is 3.92. The first-order valence-electron chi connectivity index (χ1n) is 5.85. The lowest BCUT2D eigenvalue weighted by Gasteiger charge is -2.32. The lowest BCUT2D eigenvalue weighted by atomic mass is 9.80. The third kappa shape index (κ3) is 2.16. The number of anilines is 1. The van der Waals surface area contributed by atoms with Gasteiger partial charge in [-0.15, -0.1) is 0 Å². The Hall–Kier alpha value is -1.56. The number of nitriles is 1. The third-order valence-electron chi connectivity index (χ3n) is 3.38. The summed E-state index contributed by atoms with van der Waals surface area (Å²) in [6, 6.07) is 6.29. The van der Waals surface area contributed by atoms with Gasteiger partial charge in [-0.3, -0.25) is 0 Å². The minimum absolute atomic E-state index is 0.412. The second-order valence-corrected chi connectivity index (χ2v) is 4.58. The highest BCUT2D eigenvalue weighted by Gasteiger charge is 2.24.